The number of nitrogens with zero attached hydrogens (tertiary/aromatic N) is 1. The summed E-state index contributed by atoms with van der Waals surface area (Å²) in [5, 5.41) is 11.8. The van der Waals surface area contributed by atoms with E-state index in [1.54, 1.807) is 6.07 Å². The zero-order chi connectivity index (χ0) is 15.1. The van der Waals surface area contributed by atoms with Gasteiger partial charge >= 0.3 is 0 Å². The van der Waals surface area contributed by atoms with Crippen molar-refractivity contribution in [3.63, 3.8) is 0 Å². The van der Waals surface area contributed by atoms with Crippen LogP contribution in [0.3, 0.4) is 0 Å². The van der Waals surface area contributed by atoms with Gasteiger partial charge in [0.2, 0.25) is 0 Å². The van der Waals surface area contributed by atoms with Gasteiger partial charge < -0.3 is 15.3 Å². The molecule has 4 nitrogen and oxygen atoms in total. The van der Waals surface area contributed by atoms with Gasteiger partial charge in [0.15, 0.2) is 0 Å². The minimum atomic E-state index is -0.0709. The van der Waals surface area contributed by atoms with Gasteiger partial charge in [0.05, 0.1) is 12.2 Å². The van der Waals surface area contributed by atoms with Gasteiger partial charge in [-0.2, -0.15) is 0 Å². The van der Waals surface area contributed by atoms with Gasteiger partial charge in [0.1, 0.15) is 0 Å². The summed E-state index contributed by atoms with van der Waals surface area (Å²) < 4.78 is 0. The van der Waals surface area contributed by atoms with Gasteiger partial charge in [0, 0.05) is 25.1 Å². The number of benzene rings is 1. The first-order valence-corrected chi connectivity index (χ1v) is 7.36. The molecule has 0 spiro atoms. The van der Waals surface area contributed by atoms with E-state index in [-0.39, 0.29) is 12.5 Å². The second-order valence-electron chi connectivity index (χ2n) is 5.45. The van der Waals surface area contributed by atoms with Crippen molar-refractivity contribution in [2.24, 2.45) is 5.92 Å². The molecular weight excluding hydrogens is 264 g/mol. The topological polar surface area (TPSA) is 52.6 Å². The molecule has 1 atom stereocenters. The monoisotopic (exact) mass is 286 g/mol. The number of carbonyl (C=O) groups excluding carboxylic acids is 1. The molecule has 1 heterocycles. The van der Waals surface area contributed by atoms with Gasteiger partial charge in [-0.25, -0.2) is 0 Å². The number of rotatable bonds is 4. The average molecular weight is 286 g/mol. The van der Waals surface area contributed by atoms with Crippen molar-refractivity contribution in [2.75, 3.05) is 33.3 Å². The smallest absolute Gasteiger partial charge is 0.252 e. The molecule has 1 amide bonds. The fraction of sp³-hybridized carbons (Fsp3) is 0.471. The first-order chi connectivity index (χ1) is 10.2. The molecule has 21 heavy (non-hydrogen) atoms. The molecule has 2 rings (SSSR count). The number of aliphatic hydroxyl groups excluding tert-OH is 1. The molecule has 4 heteroatoms. The highest BCUT2D eigenvalue weighted by atomic mass is 16.2. The maximum atomic E-state index is 12.3. The Morgan fingerprint density at radius 2 is 2.29 bits per heavy atom. The second-order valence-corrected chi connectivity index (χ2v) is 5.45. The van der Waals surface area contributed by atoms with E-state index in [1.165, 1.54) is 0 Å². The third kappa shape index (κ3) is 4.59. The molecular formula is C17H22N2O2. The fourth-order valence-electron chi connectivity index (χ4n) is 2.53. The van der Waals surface area contributed by atoms with E-state index in [0.29, 0.717) is 30.0 Å². The van der Waals surface area contributed by atoms with Gasteiger partial charge in [0.25, 0.3) is 5.91 Å². The van der Waals surface area contributed by atoms with Crippen LogP contribution in [0.5, 0.6) is 0 Å². The van der Waals surface area contributed by atoms with Crippen LogP contribution >= 0.6 is 0 Å². The number of likely N-dealkylation sites (tertiary alicyclic amines) is 1. The summed E-state index contributed by atoms with van der Waals surface area (Å²) in [6.45, 7) is 2.89. The van der Waals surface area contributed by atoms with Crippen molar-refractivity contribution in [2.45, 2.75) is 12.8 Å². The lowest BCUT2D eigenvalue weighted by atomic mass is 10.1. The van der Waals surface area contributed by atoms with Crippen molar-refractivity contribution in [3.8, 4) is 11.8 Å². The number of amides is 1. The summed E-state index contributed by atoms with van der Waals surface area (Å²) in [7, 11) is 2.11. The van der Waals surface area contributed by atoms with E-state index >= 15 is 0 Å². The Balaban J connectivity index is 1.97. The van der Waals surface area contributed by atoms with Crippen LogP contribution in [0.25, 0.3) is 0 Å². The fourth-order valence-corrected chi connectivity index (χ4v) is 2.53. The zero-order valence-corrected chi connectivity index (χ0v) is 12.4. The first kappa shape index (κ1) is 15.6. The van der Waals surface area contributed by atoms with Crippen molar-refractivity contribution in [1.82, 2.24) is 10.2 Å². The second kappa shape index (κ2) is 7.82. The van der Waals surface area contributed by atoms with E-state index in [9.17, 15) is 4.79 Å². The lowest BCUT2D eigenvalue weighted by Crippen LogP contribution is -2.30. The molecule has 1 unspecified atom stereocenters. The lowest BCUT2D eigenvalue weighted by molar-refractivity contribution is 0.0947. The molecule has 0 aliphatic carbocycles. The highest BCUT2D eigenvalue weighted by molar-refractivity contribution is 5.96. The van der Waals surface area contributed by atoms with E-state index in [4.69, 9.17) is 5.11 Å². The van der Waals surface area contributed by atoms with Gasteiger partial charge in [-0.3, -0.25) is 4.79 Å². The minimum Gasteiger partial charge on any atom is -0.395 e. The summed E-state index contributed by atoms with van der Waals surface area (Å²) in [6, 6.07) is 7.34. The normalized spacial score (nSPS) is 18.1. The Hall–Kier alpha value is -1.83. The minimum absolute atomic E-state index is 0.0383. The van der Waals surface area contributed by atoms with Crippen LogP contribution in [-0.2, 0) is 0 Å². The van der Waals surface area contributed by atoms with Gasteiger partial charge in [-0.15, -0.1) is 0 Å². The van der Waals surface area contributed by atoms with Crippen LogP contribution in [0, 0.1) is 17.8 Å². The molecule has 0 saturated carbocycles. The van der Waals surface area contributed by atoms with Crippen LogP contribution < -0.4 is 5.32 Å². The van der Waals surface area contributed by atoms with Crippen LogP contribution in [-0.4, -0.2) is 49.2 Å². The molecule has 0 bridgehead atoms. The third-order valence-electron chi connectivity index (χ3n) is 3.67. The van der Waals surface area contributed by atoms with E-state index < -0.39 is 0 Å². The highest BCUT2D eigenvalue weighted by Gasteiger charge is 2.20. The van der Waals surface area contributed by atoms with Crippen LogP contribution in [0.1, 0.15) is 28.8 Å². The summed E-state index contributed by atoms with van der Waals surface area (Å²) in [4.78, 5) is 14.6. The number of nitrogens with one attached hydrogen (secondary N) is 1. The molecule has 1 aromatic carbocycles. The summed E-state index contributed by atoms with van der Waals surface area (Å²) in [5.41, 5.74) is 1.32. The van der Waals surface area contributed by atoms with Crippen LogP contribution in [0.15, 0.2) is 24.3 Å². The molecule has 112 valence electrons. The summed E-state index contributed by atoms with van der Waals surface area (Å²) in [5.74, 6) is 6.28. The van der Waals surface area contributed by atoms with Crippen LogP contribution in [0.4, 0.5) is 0 Å². The molecule has 1 aliphatic rings. The standard InChI is InChI=1S/C17H22N2O2/c1-19-10-9-14(13-19)12-18-17(21)16-8-3-2-6-15(16)7-4-5-11-20/h2-3,6,8,14,20H,5,9-13H2,1H3,(H,18,21). The lowest BCUT2D eigenvalue weighted by Gasteiger charge is -2.12. The molecule has 1 saturated heterocycles. The molecule has 0 aromatic heterocycles. The van der Waals surface area contributed by atoms with Crippen molar-refractivity contribution in [1.29, 1.82) is 0 Å². The summed E-state index contributed by atoms with van der Waals surface area (Å²) in [6.07, 6.45) is 1.55. The predicted octanol–water partition coefficient (Wildman–Crippen LogP) is 1.10. The third-order valence-corrected chi connectivity index (χ3v) is 3.67. The Morgan fingerprint density at radius 3 is 3.00 bits per heavy atom. The zero-order valence-electron chi connectivity index (χ0n) is 12.4. The Kier molecular flexibility index (Phi) is 5.79. The largest absolute Gasteiger partial charge is 0.395 e. The SMILES string of the molecule is CN1CCC(CNC(=O)c2ccccc2C#CCCO)C1. The highest BCUT2D eigenvalue weighted by Crippen LogP contribution is 2.13. The van der Waals surface area contributed by atoms with E-state index in [2.05, 4.69) is 29.1 Å². The van der Waals surface area contributed by atoms with Crippen LogP contribution in [0.2, 0.25) is 0 Å². The summed E-state index contributed by atoms with van der Waals surface area (Å²) >= 11 is 0. The Bertz CT molecular complexity index is 545. The van der Waals surface area contributed by atoms with Gasteiger partial charge in [-0.05, 0) is 38.1 Å². The predicted molar refractivity (Wildman–Crippen MR) is 83.0 cm³/mol. The number of hydrogen-bond donors (Lipinski definition) is 2. The molecule has 2 N–H and O–H groups in total. The maximum Gasteiger partial charge on any atom is 0.252 e. The molecule has 1 aromatic rings. The molecule has 0 radical (unpaired) electrons. The quantitative estimate of drug-likeness (QED) is 0.815. The van der Waals surface area contributed by atoms with E-state index in [0.717, 1.165) is 19.5 Å². The number of carbonyl (C=O) groups is 1. The molecule has 1 fully saturated rings. The van der Waals surface area contributed by atoms with Crippen molar-refractivity contribution in [3.05, 3.63) is 35.4 Å². The average Bonchev–Trinajstić information content (AvgIpc) is 2.91. The number of hydrogen-bond acceptors (Lipinski definition) is 3. The Labute approximate surface area is 126 Å². The maximum absolute atomic E-state index is 12.3. The van der Waals surface area contributed by atoms with Gasteiger partial charge in [-0.1, -0.05) is 24.0 Å². The Morgan fingerprint density at radius 1 is 1.48 bits per heavy atom. The van der Waals surface area contributed by atoms with Crippen molar-refractivity contribution >= 4 is 5.91 Å². The van der Waals surface area contributed by atoms with E-state index in [1.807, 2.05) is 18.2 Å². The number of aliphatic hydroxyl groups is 1. The first-order valence-electron chi connectivity index (χ1n) is 7.36. The van der Waals surface area contributed by atoms with Crippen molar-refractivity contribution < 1.29 is 9.90 Å². The molecule has 1 aliphatic heterocycles.